The molecule has 2 aromatic rings. The molecule has 0 bridgehead atoms. The van der Waals surface area contributed by atoms with Crippen LogP contribution in [0.25, 0.3) is 0 Å². The van der Waals surface area contributed by atoms with Crippen molar-refractivity contribution in [1.82, 2.24) is 0 Å². The van der Waals surface area contributed by atoms with Crippen LogP contribution < -0.4 is 15.4 Å². The summed E-state index contributed by atoms with van der Waals surface area (Å²) in [4.78, 5) is 12.0. The number of amides is 1. The lowest BCUT2D eigenvalue weighted by atomic mass is 10.1. The maximum atomic E-state index is 13.0. The summed E-state index contributed by atoms with van der Waals surface area (Å²) in [6.07, 6.45) is -4.52. The van der Waals surface area contributed by atoms with E-state index in [4.69, 9.17) is 16.3 Å². The Labute approximate surface area is 152 Å². The highest BCUT2D eigenvalue weighted by Crippen LogP contribution is 2.35. The van der Waals surface area contributed by atoms with Gasteiger partial charge in [-0.3, -0.25) is 4.79 Å². The quantitative estimate of drug-likeness (QED) is 0.686. The van der Waals surface area contributed by atoms with Crippen LogP contribution in [0.15, 0.2) is 36.4 Å². The lowest BCUT2D eigenvalue weighted by Gasteiger charge is -2.15. The summed E-state index contributed by atoms with van der Waals surface area (Å²) in [5.41, 5.74) is -0.651. The third kappa shape index (κ3) is 5.26. The maximum Gasteiger partial charge on any atom is 0.416 e. The Bertz CT molecular complexity index is 797. The molecule has 0 fully saturated rings. The molecule has 140 valence electrons. The van der Waals surface area contributed by atoms with Crippen molar-refractivity contribution in [2.45, 2.75) is 13.1 Å². The standard InChI is InChI=1S/C17H15ClF4N2O2/c1-2-26-15-6-3-10(17(20,21)22)7-14(15)23-9-16(25)24-13-5-4-11(19)8-12(13)18/h3-8,23H,2,9H2,1H3,(H,24,25). The molecule has 0 heterocycles. The van der Waals surface area contributed by atoms with E-state index in [0.29, 0.717) is 0 Å². The Morgan fingerprint density at radius 2 is 1.88 bits per heavy atom. The average Bonchev–Trinajstić information content (AvgIpc) is 2.56. The first-order valence-electron chi connectivity index (χ1n) is 7.53. The van der Waals surface area contributed by atoms with Crippen LogP contribution in [0.3, 0.4) is 0 Å². The number of ether oxygens (including phenoxy) is 1. The second-order valence-electron chi connectivity index (χ2n) is 5.17. The zero-order chi connectivity index (χ0) is 19.3. The number of rotatable bonds is 6. The van der Waals surface area contributed by atoms with Gasteiger partial charge in [0.1, 0.15) is 11.6 Å². The van der Waals surface area contributed by atoms with E-state index in [9.17, 15) is 22.4 Å². The van der Waals surface area contributed by atoms with Crippen molar-refractivity contribution in [3.05, 3.63) is 52.8 Å². The molecule has 0 aliphatic rings. The summed E-state index contributed by atoms with van der Waals surface area (Å²) in [7, 11) is 0. The molecule has 0 unspecified atom stereocenters. The van der Waals surface area contributed by atoms with Crippen LogP contribution in [0.5, 0.6) is 5.75 Å². The van der Waals surface area contributed by atoms with Gasteiger partial charge in [-0.1, -0.05) is 11.6 Å². The van der Waals surface area contributed by atoms with E-state index in [0.717, 1.165) is 24.3 Å². The van der Waals surface area contributed by atoms with Gasteiger partial charge in [0.05, 0.1) is 35.1 Å². The predicted octanol–water partition coefficient (Wildman–Crippen LogP) is 4.95. The van der Waals surface area contributed by atoms with Crippen LogP contribution in [-0.4, -0.2) is 19.1 Å². The smallest absolute Gasteiger partial charge is 0.416 e. The Morgan fingerprint density at radius 1 is 1.15 bits per heavy atom. The molecule has 2 aromatic carbocycles. The SMILES string of the molecule is CCOc1ccc(C(F)(F)F)cc1NCC(=O)Nc1ccc(F)cc1Cl. The number of nitrogens with one attached hydrogen (secondary N) is 2. The highest BCUT2D eigenvalue weighted by Gasteiger charge is 2.31. The van der Waals surface area contributed by atoms with E-state index >= 15 is 0 Å². The zero-order valence-corrected chi connectivity index (χ0v) is 14.3. The summed E-state index contributed by atoms with van der Waals surface area (Å²) in [5, 5.41) is 5.06. The molecule has 0 aliphatic heterocycles. The van der Waals surface area contributed by atoms with Crippen molar-refractivity contribution in [1.29, 1.82) is 0 Å². The van der Waals surface area contributed by atoms with Gasteiger partial charge < -0.3 is 15.4 Å². The third-order valence-corrected chi connectivity index (χ3v) is 3.56. The molecule has 4 nitrogen and oxygen atoms in total. The molecule has 2 N–H and O–H groups in total. The molecule has 0 saturated carbocycles. The van der Waals surface area contributed by atoms with Gasteiger partial charge in [0, 0.05) is 0 Å². The Hall–Kier alpha value is -2.48. The predicted molar refractivity (Wildman–Crippen MR) is 91.1 cm³/mol. The number of carbonyl (C=O) groups is 1. The van der Waals surface area contributed by atoms with Crippen LogP contribution in [-0.2, 0) is 11.0 Å². The fourth-order valence-corrected chi connectivity index (χ4v) is 2.30. The zero-order valence-electron chi connectivity index (χ0n) is 13.6. The molecule has 9 heteroatoms. The van der Waals surface area contributed by atoms with Gasteiger partial charge in [0.25, 0.3) is 0 Å². The molecule has 0 aromatic heterocycles. The molecule has 0 saturated heterocycles. The van der Waals surface area contributed by atoms with Crippen molar-refractivity contribution in [2.24, 2.45) is 0 Å². The van der Waals surface area contributed by atoms with Crippen LogP contribution >= 0.6 is 11.6 Å². The van der Waals surface area contributed by atoms with Crippen LogP contribution in [0.1, 0.15) is 12.5 Å². The maximum absolute atomic E-state index is 13.0. The van der Waals surface area contributed by atoms with Gasteiger partial charge in [0.2, 0.25) is 5.91 Å². The number of anilines is 2. The first kappa shape index (κ1) is 19.8. The number of halogens is 5. The normalized spacial score (nSPS) is 11.2. The summed E-state index contributed by atoms with van der Waals surface area (Å²) in [5.74, 6) is -0.942. The van der Waals surface area contributed by atoms with E-state index in [2.05, 4.69) is 10.6 Å². The highest BCUT2D eigenvalue weighted by atomic mass is 35.5. The van der Waals surface area contributed by atoms with E-state index in [-0.39, 0.29) is 35.3 Å². The van der Waals surface area contributed by atoms with E-state index in [1.165, 1.54) is 12.1 Å². The number of hydrogen-bond donors (Lipinski definition) is 2. The number of carbonyl (C=O) groups excluding carboxylic acids is 1. The minimum Gasteiger partial charge on any atom is -0.492 e. The Balaban J connectivity index is 2.10. The molecule has 2 rings (SSSR count). The third-order valence-electron chi connectivity index (χ3n) is 3.25. The van der Waals surface area contributed by atoms with Gasteiger partial charge in [-0.2, -0.15) is 13.2 Å². The summed E-state index contributed by atoms with van der Waals surface area (Å²) in [6, 6.07) is 6.38. The van der Waals surface area contributed by atoms with Gasteiger partial charge in [-0.25, -0.2) is 4.39 Å². The minimum absolute atomic E-state index is 0.00687. The van der Waals surface area contributed by atoms with Crippen molar-refractivity contribution in [3.63, 3.8) is 0 Å². The van der Waals surface area contributed by atoms with Crippen molar-refractivity contribution >= 4 is 28.9 Å². The summed E-state index contributed by atoms with van der Waals surface area (Å²) in [6.45, 7) is 1.59. The van der Waals surface area contributed by atoms with Crippen LogP contribution in [0, 0.1) is 5.82 Å². The van der Waals surface area contributed by atoms with E-state index in [1.807, 2.05) is 0 Å². The fraction of sp³-hybridized carbons (Fsp3) is 0.235. The van der Waals surface area contributed by atoms with Crippen molar-refractivity contribution < 1.29 is 27.1 Å². The van der Waals surface area contributed by atoms with Gasteiger partial charge in [-0.15, -0.1) is 0 Å². The first-order chi connectivity index (χ1) is 12.2. The molecular formula is C17H15ClF4N2O2. The number of benzene rings is 2. The largest absolute Gasteiger partial charge is 0.492 e. The fourth-order valence-electron chi connectivity index (χ4n) is 2.09. The molecule has 0 spiro atoms. The highest BCUT2D eigenvalue weighted by molar-refractivity contribution is 6.33. The van der Waals surface area contributed by atoms with E-state index < -0.39 is 23.5 Å². The van der Waals surface area contributed by atoms with E-state index in [1.54, 1.807) is 6.92 Å². The monoisotopic (exact) mass is 390 g/mol. The van der Waals surface area contributed by atoms with Gasteiger partial charge >= 0.3 is 6.18 Å². The van der Waals surface area contributed by atoms with Crippen LogP contribution in [0.2, 0.25) is 5.02 Å². The first-order valence-corrected chi connectivity index (χ1v) is 7.91. The molecule has 1 amide bonds. The number of alkyl halides is 3. The van der Waals surface area contributed by atoms with Gasteiger partial charge in [-0.05, 0) is 43.3 Å². The average molecular weight is 391 g/mol. The second-order valence-corrected chi connectivity index (χ2v) is 5.57. The lowest BCUT2D eigenvalue weighted by molar-refractivity contribution is -0.137. The Kier molecular flexibility index (Phi) is 6.31. The van der Waals surface area contributed by atoms with Crippen molar-refractivity contribution in [3.8, 4) is 5.75 Å². The van der Waals surface area contributed by atoms with Crippen molar-refractivity contribution in [2.75, 3.05) is 23.8 Å². The molecular weight excluding hydrogens is 376 g/mol. The van der Waals surface area contributed by atoms with Crippen LogP contribution in [0.4, 0.5) is 28.9 Å². The lowest BCUT2D eigenvalue weighted by Crippen LogP contribution is -2.22. The second kappa shape index (κ2) is 8.27. The van der Waals surface area contributed by atoms with Gasteiger partial charge in [0.15, 0.2) is 0 Å². The summed E-state index contributed by atoms with van der Waals surface area (Å²) < 4.78 is 56.8. The molecule has 26 heavy (non-hydrogen) atoms. The molecule has 0 radical (unpaired) electrons. The minimum atomic E-state index is -4.52. The summed E-state index contributed by atoms with van der Waals surface area (Å²) >= 11 is 5.81. The molecule has 0 aliphatic carbocycles. The topological polar surface area (TPSA) is 50.4 Å². The number of hydrogen-bond acceptors (Lipinski definition) is 3. The Morgan fingerprint density at radius 3 is 2.50 bits per heavy atom. The molecule has 0 atom stereocenters.